The molecule has 2 nitrogen and oxygen atoms in total. The molecule has 2 N–H and O–H groups in total. The van der Waals surface area contributed by atoms with E-state index in [9.17, 15) is 8.78 Å². The van der Waals surface area contributed by atoms with E-state index >= 15 is 0 Å². The Labute approximate surface area is 128 Å². The third kappa shape index (κ3) is 3.34. The number of hydrogen-bond acceptors (Lipinski definition) is 2. The van der Waals surface area contributed by atoms with Gasteiger partial charge in [0.1, 0.15) is 11.6 Å². The molecule has 1 unspecified atom stereocenters. The molecule has 1 saturated heterocycles. The Morgan fingerprint density at radius 1 is 0.909 bits per heavy atom. The third-order valence-corrected chi connectivity index (χ3v) is 4.19. The van der Waals surface area contributed by atoms with Crippen LogP contribution >= 0.6 is 0 Å². The maximum atomic E-state index is 13.2. The summed E-state index contributed by atoms with van der Waals surface area (Å²) < 4.78 is 32.3. The molecule has 3 rings (SSSR count). The number of halogens is 2. The molecule has 22 heavy (non-hydrogen) atoms. The van der Waals surface area contributed by atoms with Crippen LogP contribution in [0.4, 0.5) is 8.78 Å². The molecule has 0 saturated carbocycles. The predicted octanol–water partition coefficient (Wildman–Crippen LogP) is 3.60. The first-order chi connectivity index (χ1) is 10.6. The molecule has 2 atom stereocenters. The predicted molar refractivity (Wildman–Crippen MR) is 81.6 cm³/mol. The van der Waals surface area contributed by atoms with Crippen LogP contribution in [-0.2, 0) is 4.74 Å². The summed E-state index contributed by atoms with van der Waals surface area (Å²) in [5.74, 6) is -0.627. The first-order valence-corrected chi connectivity index (χ1v) is 7.51. The lowest BCUT2D eigenvalue weighted by atomic mass is 9.82. The van der Waals surface area contributed by atoms with Crippen LogP contribution in [0.2, 0.25) is 0 Å². The van der Waals surface area contributed by atoms with Crippen LogP contribution in [0.5, 0.6) is 0 Å². The summed E-state index contributed by atoms with van der Waals surface area (Å²) in [4.78, 5) is 0. The Balaban J connectivity index is 1.97. The first-order valence-electron chi connectivity index (χ1n) is 7.51. The van der Waals surface area contributed by atoms with Gasteiger partial charge >= 0.3 is 0 Å². The molecule has 0 aliphatic carbocycles. The van der Waals surface area contributed by atoms with E-state index in [0.717, 1.165) is 24.0 Å². The minimum atomic E-state index is -0.275. The van der Waals surface area contributed by atoms with Gasteiger partial charge in [-0.3, -0.25) is 0 Å². The van der Waals surface area contributed by atoms with Crippen molar-refractivity contribution in [2.45, 2.75) is 30.9 Å². The topological polar surface area (TPSA) is 35.2 Å². The molecule has 0 spiro atoms. The van der Waals surface area contributed by atoms with E-state index in [1.54, 1.807) is 24.3 Å². The molecule has 2 aromatic carbocycles. The fraction of sp³-hybridized carbons (Fsp3) is 0.333. The van der Waals surface area contributed by atoms with Gasteiger partial charge in [0.15, 0.2) is 0 Å². The Hall–Kier alpha value is -1.78. The van der Waals surface area contributed by atoms with Crippen molar-refractivity contribution in [1.29, 1.82) is 0 Å². The first kappa shape index (κ1) is 15.1. The van der Waals surface area contributed by atoms with Crippen molar-refractivity contribution in [3.8, 4) is 0 Å². The zero-order valence-electron chi connectivity index (χ0n) is 12.2. The fourth-order valence-electron chi connectivity index (χ4n) is 3.05. The van der Waals surface area contributed by atoms with Crippen molar-refractivity contribution < 1.29 is 13.5 Å². The van der Waals surface area contributed by atoms with Crippen LogP contribution in [0.25, 0.3) is 0 Å². The summed E-state index contributed by atoms with van der Waals surface area (Å²) in [7, 11) is 0. The molecular formula is C18H19F2NO. The summed E-state index contributed by atoms with van der Waals surface area (Å²) in [6, 6.07) is 12.9. The van der Waals surface area contributed by atoms with Gasteiger partial charge in [0.2, 0.25) is 0 Å². The monoisotopic (exact) mass is 303 g/mol. The summed E-state index contributed by atoms with van der Waals surface area (Å²) in [5.41, 5.74) is 7.97. The van der Waals surface area contributed by atoms with E-state index in [-0.39, 0.29) is 29.7 Å². The molecule has 1 aliphatic rings. The van der Waals surface area contributed by atoms with E-state index in [2.05, 4.69) is 0 Å². The maximum absolute atomic E-state index is 13.2. The smallest absolute Gasteiger partial charge is 0.123 e. The number of hydrogen-bond donors (Lipinski definition) is 1. The zero-order chi connectivity index (χ0) is 15.5. The van der Waals surface area contributed by atoms with Crippen LogP contribution in [0, 0.1) is 11.6 Å². The van der Waals surface area contributed by atoms with Crippen molar-refractivity contribution in [3.05, 3.63) is 71.3 Å². The second-order valence-corrected chi connectivity index (χ2v) is 5.77. The molecule has 116 valence electrons. The van der Waals surface area contributed by atoms with E-state index in [1.807, 2.05) is 0 Å². The lowest BCUT2D eigenvalue weighted by molar-refractivity contribution is -0.00142. The molecule has 0 bridgehead atoms. The Morgan fingerprint density at radius 2 is 1.41 bits per heavy atom. The molecule has 0 radical (unpaired) electrons. The number of nitrogens with two attached hydrogens (primary N) is 1. The normalized spacial score (nSPS) is 22.0. The van der Waals surface area contributed by atoms with Crippen LogP contribution in [0.1, 0.15) is 29.9 Å². The summed E-state index contributed by atoms with van der Waals surface area (Å²) >= 11 is 0. The highest BCUT2D eigenvalue weighted by molar-refractivity contribution is 5.34. The van der Waals surface area contributed by atoms with Gasteiger partial charge in [-0.1, -0.05) is 24.3 Å². The highest BCUT2D eigenvalue weighted by atomic mass is 19.1. The molecule has 2 aromatic rings. The van der Waals surface area contributed by atoms with Crippen molar-refractivity contribution in [3.63, 3.8) is 0 Å². The van der Waals surface area contributed by atoms with Crippen molar-refractivity contribution in [1.82, 2.24) is 0 Å². The molecule has 1 aliphatic heterocycles. The zero-order valence-corrected chi connectivity index (χ0v) is 12.2. The van der Waals surface area contributed by atoms with E-state index in [0.29, 0.717) is 6.61 Å². The second-order valence-electron chi connectivity index (χ2n) is 5.77. The van der Waals surface area contributed by atoms with Gasteiger partial charge in [-0.25, -0.2) is 8.78 Å². The molecule has 1 heterocycles. The SMILES string of the molecule is N[C@H]1CCOC(C(c2ccc(F)cc2)c2ccc(F)cc2)C1. The largest absolute Gasteiger partial charge is 0.377 e. The molecular weight excluding hydrogens is 284 g/mol. The molecule has 0 amide bonds. The maximum Gasteiger partial charge on any atom is 0.123 e. The van der Waals surface area contributed by atoms with Crippen molar-refractivity contribution in [2.75, 3.05) is 6.61 Å². The molecule has 0 aromatic heterocycles. The van der Waals surface area contributed by atoms with Gasteiger partial charge in [-0.05, 0) is 48.2 Å². The molecule has 4 heteroatoms. The van der Waals surface area contributed by atoms with Gasteiger partial charge < -0.3 is 10.5 Å². The lowest BCUT2D eigenvalue weighted by Crippen LogP contribution is -2.38. The van der Waals surface area contributed by atoms with Gasteiger partial charge in [-0.15, -0.1) is 0 Å². The van der Waals surface area contributed by atoms with Gasteiger partial charge in [-0.2, -0.15) is 0 Å². The Kier molecular flexibility index (Phi) is 4.50. The van der Waals surface area contributed by atoms with Gasteiger partial charge in [0.05, 0.1) is 6.10 Å². The van der Waals surface area contributed by atoms with Crippen LogP contribution in [-0.4, -0.2) is 18.8 Å². The highest BCUT2D eigenvalue weighted by Crippen LogP contribution is 2.34. The van der Waals surface area contributed by atoms with Gasteiger partial charge in [0.25, 0.3) is 0 Å². The van der Waals surface area contributed by atoms with Crippen LogP contribution in [0.15, 0.2) is 48.5 Å². The summed E-state index contributed by atoms with van der Waals surface area (Å²) in [5, 5.41) is 0. The minimum absolute atomic E-state index is 0.0763. The van der Waals surface area contributed by atoms with E-state index in [4.69, 9.17) is 10.5 Å². The summed E-state index contributed by atoms with van der Waals surface area (Å²) in [6.07, 6.45) is 1.50. The second kappa shape index (κ2) is 6.55. The summed E-state index contributed by atoms with van der Waals surface area (Å²) in [6.45, 7) is 0.616. The minimum Gasteiger partial charge on any atom is -0.377 e. The third-order valence-electron chi connectivity index (χ3n) is 4.19. The Morgan fingerprint density at radius 3 is 1.86 bits per heavy atom. The van der Waals surface area contributed by atoms with Crippen molar-refractivity contribution in [2.24, 2.45) is 5.73 Å². The van der Waals surface area contributed by atoms with Crippen LogP contribution in [0.3, 0.4) is 0 Å². The van der Waals surface area contributed by atoms with Gasteiger partial charge in [0, 0.05) is 18.6 Å². The molecule has 1 fully saturated rings. The number of ether oxygens (including phenoxy) is 1. The quantitative estimate of drug-likeness (QED) is 0.940. The number of benzene rings is 2. The van der Waals surface area contributed by atoms with E-state index in [1.165, 1.54) is 24.3 Å². The lowest BCUT2D eigenvalue weighted by Gasteiger charge is -2.34. The highest BCUT2D eigenvalue weighted by Gasteiger charge is 2.30. The average molecular weight is 303 g/mol. The van der Waals surface area contributed by atoms with Crippen LogP contribution < -0.4 is 5.73 Å². The standard InChI is InChI=1S/C18H19F2NO/c19-14-5-1-12(2-6-14)18(13-3-7-15(20)8-4-13)17-11-16(21)9-10-22-17/h1-8,16-18H,9-11,21H2/t16-,17?/m0/s1. The number of rotatable bonds is 3. The average Bonchev–Trinajstić information content (AvgIpc) is 2.51. The van der Waals surface area contributed by atoms with E-state index < -0.39 is 0 Å². The fourth-order valence-corrected chi connectivity index (χ4v) is 3.05. The Bertz CT molecular complexity index is 566. The van der Waals surface area contributed by atoms with Crippen molar-refractivity contribution >= 4 is 0 Å².